The summed E-state index contributed by atoms with van der Waals surface area (Å²) in [7, 11) is 0. The van der Waals surface area contributed by atoms with Crippen molar-refractivity contribution in [3.63, 3.8) is 0 Å². The molecule has 1 aliphatic heterocycles. The summed E-state index contributed by atoms with van der Waals surface area (Å²) < 4.78 is 19.7. The van der Waals surface area contributed by atoms with Crippen LogP contribution in [0, 0.1) is 12.7 Å². The molecule has 0 aliphatic carbocycles. The van der Waals surface area contributed by atoms with E-state index in [0.717, 1.165) is 36.9 Å². The van der Waals surface area contributed by atoms with Gasteiger partial charge in [-0.3, -0.25) is 0 Å². The van der Waals surface area contributed by atoms with E-state index in [1.54, 1.807) is 12.1 Å². The number of aromatic nitrogens is 3. The molecule has 0 saturated carbocycles. The number of ether oxygens (including phenoxy) is 1. The first-order valence-electron chi connectivity index (χ1n) is 10.9. The number of hydrogen-bond donors (Lipinski definition) is 0. The van der Waals surface area contributed by atoms with Gasteiger partial charge < -0.3 is 0 Å². The Morgan fingerprint density at radius 3 is 2.59 bits per heavy atom. The molecule has 4 aromatic rings. The number of rotatable bonds is 5. The van der Waals surface area contributed by atoms with Gasteiger partial charge in [0.25, 0.3) is 0 Å². The molecule has 174 valence electrons. The number of anilines is 1. The Labute approximate surface area is 209 Å². The Morgan fingerprint density at radius 2 is 1.85 bits per heavy atom. The molecule has 7 nitrogen and oxygen atoms in total. The topological polar surface area (TPSA) is 71.5 Å². The van der Waals surface area contributed by atoms with E-state index in [9.17, 15) is 9.18 Å². The Kier molecular flexibility index (Phi) is 6.48. The molecule has 5 rings (SSSR count). The zero-order valence-corrected chi connectivity index (χ0v) is 21.8. The average molecular weight is 539 g/mol. The first kappa shape index (κ1) is 22.7. The van der Waals surface area contributed by atoms with Crippen molar-refractivity contribution in [3.05, 3.63) is 59.9 Å². The van der Waals surface area contributed by atoms with Crippen molar-refractivity contribution < 1.29 is 13.9 Å². The van der Waals surface area contributed by atoms with Crippen LogP contribution in [0.15, 0.2) is 48.5 Å². The molecular weight excluding hydrogens is 516 g/mol. The number of aryl methyl sites for hydroxylation is 1. The maximum atomic E-state index is 13.3. The van der Waals surface area contributed by atoms with E-state index in [1.807, 2.05) is 36.1 Å². The van der Waals surface area contributed by atoms with Crippen LogP contribution in [0.25, 0.3) is 20.9 Å². The molecule has 34 heavy (non-hydrogen) atoms. The summed E-state index contributed by atoms with van der Waals surface area (Å²) in [6.07, 6.45) is 0. The number of carbonyl (C=O) groups is 1. The van der Waals surface area contributed by atoms with Crippen molar-refractivity contribution >= 4 is 54.9 Å². The van der Waals surface area contributed by atoms with Crippen LogP contribution in [0.5, 0.6) is 5.75 Å². The number of amides is 1. The number of halogens is 1. The molecule has 1 amide bonds. The van der Waals surface area contributed by atoms with E-state index >= 15 is 0 Å². The van der Waals surface area contributed by atoms with Crippen molar-refractivity contribution in [2.75, 3.05) is 37.7 Å². The fraction of sp³-hybridized carbons (Fsp3) is 0.250. The standard InChI is InChI=1S/C24H23AsFN5O2S/c1-15-3-2-4-18(13-15)33-14-19(32)30-9-11-31(12-10-30)21-20-23(29-24(25)28-21)34-22(27-20)16-5-7-17(26)8-6-16/h2-8,13H,9-12,14,25H2,1H3. The third-order valence-electron chi connectivity index (χ3n) is 5.63. The molecule has 2 aromatic heterocycles. The molecule has 0 N–H and O–H groups in total. The summed E-state index contributed by atoms with van der Waals surface area (Å²) in [6.45, 7) is 4.49. The molecule has 10 heteroatoms. The van der Waals surface area contributed by atoms with Crippen molar-refractivity contribution in [3.8, 4) is 16.3 Å². The van der Waals surface area contributed by atoms with Crippen molar-refractivity contribution in [2.24, 2.45) is 0 Å². The minimum absolute atomic E-state index is 0.0238. The Balaban J connectivity index is 1.28. The number of hydrogen-bond acceptors (Lipinski definition) is 7. The summed E-state index contributed by atoms with van der Waals surface area (Å²) >= 11 is 2.83. The molecule has 2 aromatic carbocycles. The molecule has 0 spiro atoms. The second-order valence-electron chi connectivity index (χ2n) is 8.06. The van der Waals surface area contributed by atoms with Crippen LogP contribution in [0.2, 0.25) is 0 Å². The molecule has 3 heterocycles. The van der Waals surface area contributed by atoms with Gasteiger partial charge >= 0.3 is 185 Å². The number of piperazine rings is 1. The first-order valence-corrected chi connectivity index (χ1v) is 12.9. The monoisotopic (exact) mass is 539 g/mol. The molecule has 1 unspecified atom stereocenters. The summed E-state index contributed by atoms with van der Waals surface area (Å²) in [5, 5.41) is 0.783. The van der Waals surface area contributed by atoms with Gasteiger partial charge in [-0.05, 0) is 12.5 Å². The van der Waals surface area contributed by atoms with Crippen LogP contribution in [0.3, 0.4) is 0 Å². The molecule has 1 saturated heterocycles. The minimum atomic E-state index is -0.277. The number of benzene rings is 2. The fourth-order valence-corrected chi connectivity index (χ4v) is 5.54. The van der Waals surface area contributed by atoms with Gasteiger partial charge in [-0.15, -0.1) is 0 Å². The van der Waals surface area contributed by atoms with Gasteiger partial charge in [-0.2, -0.15) is 0 Å². The second kappa shape index (κ2) is 9.68. The fourth-order valence-electron chi connectivity index (χ4n) is 3.87. The van der Waals surface area contributed by atoms with Gasteiger partial charge in [-0.1, -0.05) is 12.1 Å². The van der Waals surface area contributed by atoms with Gasteiger partial charge in [0.1, 0.15) is 0 Å². The van der Waals surface area contributed by atoms with Crippen LogP contribution in [-0.2, 0) is 4.79 Å². The number of carbonyl (C=O) groups excluding carboxylic acids is 1. The van der Waals surface area contributed by atoms with E-state index in [4.69, 9.17) is 14.7 Å². The molecule has 1 atom stereocenters. The molecule has 0 radical (unpaired) electrons. The van der Waals surface area contributed by atoms with Crippen LogP contribution in [0.4, 0.5) is 10.2 Å². The van der Waals surface area contributed by atoms with E-state index in [1.165, 1.54) is 40.3 Å². The van der Waals surface area contributed by atoms with Gasteiger partial charge in [-0.25, -0.2) is 0 Å². The first-order chi connectivity index (χ1) is 16.5. The van der Waals surface area contributed by atoms with E-state index in [0.29, 0.717) is 31.9 Å². The quantitative estimate of drug-likeness (QED) is 0.363. The molecule has 0 bridgehead atoms. The number of nitrogens with zero attached hydrogens (tertiary/aromatic N) is 5. The van der Waals surface area contributed by atoms with Crippen molar-refractivity contribution in [2.45, 2.75) is 6.92 Å². The molecular formula is C24H23AsFN5O2S. The van der Waals surface area contributed by atoms with E-state index in [-0.39, 0.29) is 18.3 Å². The summed E-state index contributed by atoms with van der Waals surface area (Å²) in [6, 6.07) is 14.0. The summed E-state index contributed by atoms with van der Waals surface area (Å²) in [4.78, 5) is 31.5. The Hall–Kier alpha value is -3.03. The predicted octanol–water partition coefficient (Wildman–Crippen LogP) is 2.19. The second-order valence-corrected chi connectivity index (χ2v) is 10.1. The Morgan fingerprint density at radius 1 is 1.09 bits per heavy atom. The third-order valence-corrected chi connectivity index (χ3v) is 7.17. The van der Waals surface area contributed by atoms with E-state index < -0.39 is 0 Å². The number of thiazole rings is 1. The summed E-state index contributed by atoms with van der Waals surface area (Å²) in [5.41, 5.74) is 2.69. The molecule has 1 fully saturated rings. The zero-order valence-electron chi connectivity index (χ0n) is 18.6. The van der Waals surface area contributed by atoms with Gasteiger partial charge in [0.2, 0.25) is 0 Å². The number of fused-ring (bicyclic) bond motifs is 1. The average Bonchev–Trinajstić information content (AvgIpc) is 3.26. The molecule has 1 aliphatic rings. The van der Waals surface area contributed by atoms with E-state index in [2.05, 4.69) is 9.88 Å². The van der Waals surface area contributed by atoms with Crippen LogP contribution < -0.4 is 14.2 Å². The van der Waals surface area contributed by atoms with Gasteiger partial charge in [0, 0.05) is 0 Å². The van der Waals surface area contributed by atoms with Gasteiger partial charge in [0.05, 0.1) is 0 Å². The maximum absolute atomic E-state index is 13.3. The van der Waals surface area contributed by atoms with Crippen molar-refractivity contribution in [1.82, 2.24) is 19.9 Å². The zero-order chi connectivity index (χ0) is 23.7. The summed E-state index contributed by atoms with van der Waals surface area (Å²) in [5.74, 6) is 1.19. The SMILES string of the molecule is Cc1cccc(OCC(=O)N2CCN(c3nc([AsH2])nc4sc(-c5ccc(F)cc5)nc34)CC2)c1. The van der Waals surface area contributed by atoms with Crippen LogP contribution >= 0.6 is 11.3 Å². The predicted molar refractivity (Wildman–Crippen MR) is 134 cm³/mol. The third kappa shape index (κ3) is 4.91. The normalized spacial score (nSPS) is 14.0. The van der Waals surface area contributed by atoms with Crippen molar-refractivity contribution in [1.29, 1.82) is 0 Å². The van der Waals surface area contributed by atoms with Gasteiger partial charge in [0.15, 0.2) is 0 Å². The van der Waals surface area contributed by atoms with Crippen LogP contribution in [0.1, 0.15) is 5.56 Å². The Bertz CT molecular complexity index is 1340. The van der Waals surface area contributed by atoms with Crippen LogP contribution in [-0.4, -0.2) is 75.4 Å².